The summed E-state index contributed by atoms with van der Waals surface area (Å²) in [6.07, 6.45) is 0.828. The van der Waals surface area contributed by atoms with Crippen LogP contribution in [0.25, 0.3) is 32.2 Å². The number of nitrogens with zero attached hydrogens (tertiary/aromatic N) is 3. The topological polar surface area (TPSA) is 106 Å². The average Bonchev–Trinajstić information content (AvgIpc) is 3.24. The molecular formula is C17H15N5O2S. The van der Waals surface area contributed by atoms with Gasteiger partial charge in [0.25, 0.3) is 0 Å². The molecule has 0 saturated heterocycles. The van der Waals surface area contributed by atoms with Gasteiger partial charge in [0.05, 0.1) is 12.1 Å². The lowest BCUT2D eigenvalue weighted by Crippen LogP contribution is -2.25. The number of nitrogens with one attached hydrogen (secondary N) is 1. The van der Waals surface area contributed by atoms with Crippen molar-refractivity contribution in [1.29, 1.82) is 0 Å². The molecule has 0 bridgehead atoms. The summed E-state index contributed by atoms with van der Waals surface area (Å²) in [5.74, 6) is 0.371. The van der Waals surface area contributed by atoms with Gasteiger partial charge in [-0.1, -0.05) is 18.2 Å². The standard InChI is InChI=1S/C17H15N5O2S/c18-16-15-12(9-22(21-15)6-5-19-17(23)24)11-4-3-10(8-13(11)20-16)14-2-1-7-25-14/h1-4,7-9,19H,5-6H2,(H2,18,20)(H,23,24). The number of hydrogen-bond acceptors (Lipinski definition) is 5. The maximum Gasteiger partial charge on any atom is 0.404 e. The molecule has 0 aliphatic carbocycles. The van der Waals surface area contributed by atoms with Crippen LogP contribution >= 0.6 is 11.3 Å². The first kappa shape index (κ1) is 15.4. The molecule has 0 atom stereocenters. The summed E-state index contributed by atoms with van der Waals surface area (Å²) in [6.45, 7) is 0.701. The van der Waals surface area contributed by atoms with Gasteiger partial charge in [-0.05, 0) is 23.1 Å². The smallest absolute Gasteiger partial charge is 0.404 e. The first-order valence-corrected chi connectivity index (χ1v) is 8.57. The highest BCUT2D eigenvalue weighted by atomic mass is 32.1. The van der Waals surface area contributed by atoms with Crippen LogP contribution in [0.3, 0.4) is 0 Å². The van der Waals surface area contributed by atoms with Gasteiger partial charge < -0.3 is 16.2 Å². The number of carboxylic acid groups (broad SMARTS) is 1. The molecule has 0 fully saturated rings. The summed E-state index contributed by atoms with van der Waals surface area (Å²) in [6, 6.07) is 10.2. The molecule has 4 N–H and O–H groups in total. The molecule has 4 aromatic rings. The summed E-state index contributed by atoms with van der Waals surface area (Å²) in [5.41, 5.74) is 8.64. The van der Waals surface area contributed by atoms with Crippen molar-refractivity contribution in [2.24, 2.45) is 0 Å². The normalized spacial score (nSPS) is 11.2. The zero-order valence-electron chi connectivity index (χ0n) is 13.1. The number of fused-ring (bicyclic) bond motifs is 3. The van der Waals surface area contributed by atoms with E-state index in [1.165, 1.54) is 4.88 Å². The Morgan fingerprint density at radius 2 is 2.20 bits per heavy atom. The number of pyridine rings is 1. The predicted octanol–water partition coefficient (Wildman–Crippen LogP) is 3.16. The van der Waals surface area contributed by atoms with Crippen molar-refractivity contribution in [3.05, 3.63) is 41.9 Å². The number of amides is 1. The monoisotopic (exact) mass is 353 g/mol. The number of nitrogens with two attached hydrogens (primary N) is 1. The van der Waals surface area contributed by atoms with Gasteiger partial charge in [0.2, 0.25) is 0 Å². The van der Waals surface area contributed by atoms with Crippen molar-refractivity contribution in [2.45, 2.75) is 6.54 Å². The third kappa shape index (κ3) is 2.87. The highest BCUT2D eigenvalue weighted by Gasteiger charge is 2.12. The third-order valence-electron chi connectivity index (χ3n) is 3.96. The first-order valence-electron chi connectivity index (χ1n) is 7.69. The van der Waals surface area contributed by atoms with Gasteiger partial charge >= 0.3 is 6.09 Å². The largest absolute Gasteiger partial charge is 0.465 e. The number of hydrogen-bond donors (Lipinski definition) is 3. The third-order valence-corrected chi connectivity index (χ3v) is 4.87. The summed E-state index contributed by atoms with van der Waals surface area (Å²) < 4.78 is 1.69. The molecule has 0 radical (unpaired) electrons. The fourth-order valence-corrected chi connectivity index (χ4v) is 3.55. The van der Waals surface area contributed by atoms with Crippen LogP contribution in [0.2, 0.25) is 0 Å². The number of nitrogen functional groups attached to an aromatic ring is 1. The molecule has 0 spiro atoms. The first-order chi connectivity index (χ1) is 12.1. The Morgan fingerprint density at radius 3 is 2.96 bits per heavy atom. The molecule has 3 aromatic heterocycles. The number of rotatable bonds is 4. The fourth-order valence-electron chi connectivity index (χ4n) is 2.83. The van der Waals surface area contributed by atoms with E-state index in [0.29, 0.717) is 17.9 Å². The quantitative estimate of drug-likeness (QED) is 0.522. The molecule has 8 heteroatoms. The molecule has 4 rings (SSSR count). The van der Waals surface area contributed by atoms with Crippen LogP contribution in [0.1, 0.15) is 0 Å². The van der Waals surface area contributed by atoms with Crippen molar-refractivity contribution in [3.63, 3.8) is 0 Å². The second-order valence-electron chi connectivity index (χ2n) is 5.59. The minimum Gasteiger partial charge on any atom is -0.465 e. The Balaban J connectivity index is 1.77. The molecule has 126 valence electrons. The van der Waals surface area contributed by atoms with Gasteiger partial charge in [-0.2, -0.15) is 5.10 Å². The summed E-state index contributed by atoms with van der Waals surface area (Å²) in [5, 5.41) is 19.3. The van der Waals surface area contributed by atoms with Gasteiger partial charge in [-0.25, -0.2) is 9.78 Å². The molecule has 3 heterocycles. The molecule has 25 heavy (non-hydrogen) atoms. The summed E-state index contributed by atoms with van der Waals surface area (Å²) in [4.78, 5) is 16.2. The van der Waals surface area contributed by atoms with Crippen molar-refractivity contribution in [2.75, 3.05) is 12.3 Å². The van der Waals surface area contributed by atoms with Gasteiger partial charge in [-0.3, -0.25) is 4.68 Å². The Labute approximate surface area is 146 Å². The minimum absolute atomic E-state index is 0.275. The van der Waals surface area contributed by atoms with E-state index in [0.717, 1.165) is 21.9 Å². The summed E-state index contributed by atoms with van der Waals surface area (Å²) >= 11 is 1.68. The zero-order chi connectivity index (χ0) is 17.4. The van der Waals surface area contributed by atoms with E-state index in [4.69, 9.17) is 10.8 Å². The lowest BCUT2D eigenvalue weighted by molar-refractivity contribution is 0.194. The second kappa shape index (κ2) is 6.06. The SMILES string of the molecule is Nc1nc2cc(-c3cccs3)ccc2c2cn(CCNC(=O)O)nc12. The van der Waals surface area contributed by atoms with Crippen LogP contribution in [0.15, 0.2) is 41.9 Å². The Hall–Kier alpha value is -3.13. The van der Waals surface area contributed by atoms with E-state index >= 15 is 0 Å². The van der Waals surface area contributed by atoms with Crippen LogP contribution in [-0.2, 0) is 6.54 Å². The highest BCUT2D eigenvalue weighted by Crippen LogP contribution is 2.31. The average molecular weight is 353 g/mol. The maximum absolute atomic E-state index is 10.5. The number of anilines is 1. The van der Waals surface area contributed by atoms with Crippen LogP contribution in [-0.4, -0.2) is 32.5 Å². The van der Waals surface area contributed by atoms with Crippen LogP contribution in [0.5, 0.6) is 0 Å². The zero-order valence-corrected chi connectivity index (χ0v) is 14.0. The van der Waals surface area contributed by atoms with Crippen LogP contribution in [0, 0.1) is 0 Å². The fraction of sp³-hybridized carbons (Fsp3) is 0.118. The molecule has 7 nitrogen and oxygen atoms in total. The number of carbonyl (C=O) groups is 1. The molecule has 0 aliphatic rings. The molecule has 1 amide bonds. The van der Waals surface area contributed by atoms with Gasteiger partial charge in [0.1, 0.15) is 5.52 Å². The van der Waals surface area contributed by atoms with E-state index in [1.54, 1.807) is 16.0 Å². The molecule has 1 aromatic carbocycles. The van der Waals surface area contributed by atoms with Gasteiger partial charge in [-0.15, -0.1) is 11.3 Å². The van der Waals surface area contributed by atoms with Crippen molar-refractivity contribution in [3.8, 4) is 10.4 Å². The lowest BCUT2D eigenvalue weighted by atomic mass is 10.1. The molecule has 0 aliphatic heterocycles. The summed E-state index contributed by atoms with van der Waals surface area (Å²) in [7, 11) is 0. The van der Waals surface area contributed by atoms with E-state index in [2.05, 4.69) is 27.5 Å². The molecule has 0 saturated carbocycles. The minimum atomic E-state index is -1.05. The van der Waals surface area contributed by atoms with E-state index in [-0.39, 0.29) is 6.54 Å². The van der Waals surface area contributed by atoms with Gasteiger partial charge in [0.15, 0.2) is 5.82 Å². The highest BCUT2D eigenvalue weighted by molar-refractivity contribution is 7.13. The van der Waals surface area contributed by atoms with Crippen molar-refractivity contribution in [1.82, 2.24) is 20.1 Å². The van der Waals surface area contributed by atoms with E-state index in [1.807, 2.05) is 29.8 Å². The lowest BCUT2D eigenvalue weighted by Gasteiger charge is -2.03. The number of aromatic nitrogens is 3. The van der Waals surface area contributed by atoms with E-state index in [9.17, 15) is 4.79 Å². The second-order valence-corrected chi connectivity index (χ2v) is 6.54. The van der Waals surface area contributed by atoms with E-state index < -0.39 is 6.09 Å². The Kier molecular flexibility index (Phi) is 3.73. The molecule has 0 unspecified atom stereocenters. The van der Waals surface area contributed by atoms with Crippen molar-refractivity contribution >= 4 is 45.1 Å². The Morgan fingerprint density at radius 1 is 1.32 bits per heavy atom. The maximum atomic E-state index is 10.5. The predicted molar refractivity (Wildman–Crippen MR) is 98.8 cm³/mol. The van der Waals surface area contributed by atoms with Crippen LogP contribution < -0.4 is 11.1 Å². The number of thiophene rings is 1. The van der Waals surface area contributed by atoms with Crippen molar-refractivity contribution < 1.29 is 9.90 Å². The van der Waals surface area contributed by atoms with Gasteiger partial charge in [0, 0.05) is 28.4 Å². The van der Waals surface area contributed by atoms with Crippen LogP contribution in [0.4, 0.5) is 10.6 Å². The Bertz CT molecular complexity index is 1070. The number of benzene rings is 1. The molecular weight excluding hydrogens is 338 g/mol.